The van der Waals surface area contributed by atoms with Crippen LogP contribution in [0.15, 0.2) is 0 Å². The molecule has 0 atom stereocenters. The van der Waals surface area contributed by atoms with Gasteiger partial charge in [0.05, 0.1) is 0 Å². The molecule has 0 aromatic carbocycles. The Hall–Kier alpha value is 2.96. The third-order valence-corrected chi connectivity index (χ3v) is 0. The number of hydrogen-bond acceptors (Lipinski definition) is 0. The third-order valence-electron chi connectivity index (χ3n) is 0. The van der Waals surface area contributed by atoms with Gasteiger partial charge in [0.15, 0.2) is 0 Å². The summed E-state index contributed by atoms with van der Waals surface area (Å²) in [4.78, 5) is 0. The second-order valence-corrected chi connectivity index (χ2v) is 0. The van der Waals surface area contributed by atoms with Gasteiger partial charge in [0.2, 0.25) is 0 Å². The predicted molar refractivity (Wildman–Crippen MR) is 5.75 cm³/mol. The Kier molecular flexibility index (Phi) is 118. The molecule has 0 saturated carbocycles. The molecule has 0 unspecified atom stereocenters. The maximum absolute atomic E-state index is 0. The molecular formula is I3Mg-. The Labute approximate surface area is 93.1 Å². The summed E-state index contributed by atoms with van der Waals surface area (Å²) in [6, 6.07) is 0. The van der Waals surface area contributed by atoms with Crippen LogP contribution in [0, 0.1) is 0 Å². The van der Waals surface area contributed by atoms with E-state index in [4.69, 9.17) is 0 Å². The van der Waals surface area contributed by atoms with E-state index in [-0.39, 0.29) is 95.0 Å². The van der Waals surface area contributed by atoms with E-state index in [1.54, 1.807) is 0 Å². The smallest absolute Gasteiger partial charge is 1.00 e. The van der Waals surface area contributed by atoms with Gasteiger partial charge >= 0.3 is 23.1 Å². The van der Waals surface area contributed by atoms with Gasteiger partial charge in [-0.15, -0.1) is 0 Å². The second-order valence-electron chi connectivity index (χ2n) is 0. The van der Waals surface area contributed by atoms with Crippen LogP contribution in [0.4, 0.5) is 0 Å². The summed E-state index contributed by atoms with van der Waals surface area (Å²) in [6.45, 7) is 0. The van der Waals surface area contributed by atoms with Crippen molar-refractivity contribution in [2.24, 2.45) is 0 Å². The van der Waals surface area contributed by atoms with Gasteiger partial charge in [0.1, 0.15) is 0 Å². The van der Waals surface area contributed by atoms with Gasteiger partial charge in [-0.2, -0.15) is 0 Å². The molecular weight excluding hydrogens is 405 g/mol. The van der Waals surface area contributed by atoms with Gasteiger partial charge in [-0.1, -0.05) is 0 Å². The zero-order valence-corrected chi connectivity index (χ0v) is 9.73. The molecule has 0 radical (unpaired) electrons. The Morgan fingerprint density at radius 1 is 0.500 bits per heavy atom. The van der Waals surface area contributed by atoms with Crippen molar-refractivity contribution in [3.8, 4) is 0 Å². The molecule has 24 valence electrons. The molecule has 0 amide bonds. The third kappa shape index (κ3) is 8.88. The molecule has 0 aliphatic rings. The van der Waals surface area contributed by atoms with Crippen LogP contribution >= 0.6 is 0 Å². The maximum Gasteiger partial charge on any atom is 2.00 e. The number of halogens is 3. The molecule has 0 fully saturated rings. The summed E-state index contributed by atoms with van der Waals surface area (Å²) in [5.74, 6) is 0. The van der Waals surface area contributed by atoms with Gasteiger partial charge in [-0.25, -0.2) is 0 Å². The minimum atomic E-state index is 0. The SMILES string of the molecule is [I-].[I-].[I-].[Mg+2]. The van der Waals surface area contributed by atoms with Gasteiger partial charge in [-0.3, -0.25) is 0 Å². The van der Waals surface area contributed by atoms with E-state index in [0.717, 1.165) is 0 Å². The summed E-state index contributed by atoms with van der Waals surface area (Å²) in [5, 5.41) is 0. The predicted octanol–water partition coefficient (Wildman–Crippen LogP) is -9.37. The standard InChI is InChI=1S/3HI.Mg/h3*1H;/q;;;+2/p-3. The zero-order valence-electron chi connectivity index (χ0n) is 1.84. The zero-order chi connectivity index (χ0) is 0. The molecule has 4 heteroatoms. The first-order valence-corrected chi connectivity index (χ1v) is 0. The normalized spacial score (nSPS) is 0. The number of hydrogen-bond donors (Lipinski definition) is 0. The molecule has 0 heterocycles. The van der Waals surface area contributed by atoms with Crippen LogP contribution in [0.2, 0.25) is 0 Å². The topological polar surface area (TPSA) is 0 Å². The molecule has 4 heavy (non-hydrogen) atoms. The van der Waals surface area contributed by atoms with E-state index in [1.807, 2.05) is 0 Å². The monoisotopic (exact) mass is 405 g/mol. The van der Waals surface area contributed by atoms with Crippen molar-refractivity contribution in [2.45, 2.75) is 0 Å². The van der Waals surface area contributed by atoms with Crippen LogP contribution in [0.3, 0.4) is 0 Å². The Balaban J connectivity index is 0. The minimum Gasteiger partial charge on any atom is -1.00 e. The molecule has 0 spiro atoms. The molecule has 0 bridgehead atoms. The molecule has 0 aromatic rings. The van der Waals surface area contributed by atoms with Crippen LogP contribution < -0.4 is 71.9 Å². The average Bonchev–Trinajstić information content (AvgIpc) is 0. The summed E-state index contributed by atoms with van der Waals surface area (Å²) in [7, 11) is 0. The molecule has 0 rings (SSSR count). The van der Waals surface area contributed by atoms with E-state index in [9.17, 15) is 0 Å². The van der Waals surface area contributed by atoms with Crippen LogP contribution in [0.1, 0.15) is 0 Å². The van der Waals surface area contributed by atoms with E-state index in [0.29, 0.717) is 0 Å². The van der Waals surface area contributed by atoms with Crippen molar-refractivity contribution in [1.82, 2.24) is 0 Å². The van der Waals surface area contributed by atoms with Gasteiger partial charge in [-0.05, 0) is 0 Å². The summed E-state index contributed by atoms with van der Waals surface area (Å²) in [5.41, 5.74) is 0. The van der Waals surface area contributed by atoms with E-state index < -0.39 is 0 Å². The fraction of sp³-hybridized carbons (Fsp3) is 0. The van der Waals surface area contributed by atoms with Crippen molar-refractivity contribution in [3.63, 3.8) is 0 Å². The Morgan fingerprint density at radius 3 is 0.500 bits per heavy atom. The fourth-order valence-electron chi connectivity index (χ4n) is 0. The Bertz CT molecular complexity index is 3.25. The second kappa shape index (κ2) is 16.7. The van der Waals surface area contributed by atoms with Crippen LogP contribution in [0.5, 0.6) is 0 Å². The maximum atomic E-state index is 0. The minimum absolute atomic E-state index is 0. The first-order chi connectivity index (χ1) is 0. The summed E-state index contributed by atoms with van der Waals surface area (Å²) >= 11 is 0. The first-order valence-electron chi connectivity index (χ1n) is 0. The Morgan fingerprint density at radius 2 is 0.500 bits per heavy atom. The van der Waals surface area contributed by atoms with Gasteiger partial charge < -0.3 is 71.9 Å². The largest absolute Gasteiger partial charge is 2.00 e. The van der Waals surface area contributed by atoms with E-state index in [2.05, 4.69) is 0 Å². The summed E-state index contributed by atoms with van der Waals surface area (Å²) < 4.78 is 0. The van der Waals surface area contributed by atoms with Gasteiger partial charge in [0, 0.05) is 0 Å². The van der Waals surface area contributed by atoms with Crippen LogP contribution in [-0.2, 0) is 0 Å². The van der Waals surface area contributed by atoms with E-state index >= 15 is 0 Å². The molecule has 0 aliphatic heterocycles. The molecule has 0 aliphatic carbocycles. The van der Waals surface area contributed by atoms with Crippen LogP contribution in [0.25, 0.3) is 0 Å². The molecule has 0 N–H and O–H groups in total. The van der Waals surface area contributed by atoms with Crippen LogP contribution in [-0.4, -0.2) is 23.1 Å². The quantitative estimate of drug-likeness (QED) is 0.278. The van der Waals surface area contributed by atoms with Crippen molar-refractivity contribution >= 4 is 23.1 Å². The van der Waals surface area contributed by atoms with Crippen molar-refractivity contribution < 1.29 is 71.9 Å². The summed E-state index contributed by atoms with van der Waals surface area (Å²) in [6.07, 6.45) is 0. The van der Waals surface area contributed by atoms with E-state index in [1.165, 1.54) is 0 Å². The average molecular weight is 405 g/mol. The molecule has 0 nitrogen and oxygen atoms in total. The molecule has 0 aromatic heterocycles. The number of rotatable bonds is 0. The van der Waals surface area contributed by atoms with Crippen molar-refractivity contribution in [3.05, 3.63) is 0 Å². The van der Waals surface area contributed by atoms with Gasteiger partial charge in [0.25, 0.3) is 0 Å². The van der Waals surface area contributed by atoms with Crippen molar-refractivity contribution in [2.75, 3.05) is 0 Å². The first kappa shape index (κ1) is 28.2. The van der Waals surface area contributed by atoms with Crippen molar-refractivity contribution in [1.29, 1.82) is 0 Å². The molecule has 0 saturated heterocycles. The fourth-order valence-corrected chi connectivity index (χ4v) is 0.